The van der Waals surface area contributed by atoms with Crippen molar-refractivity contribution in [1.82, 2.24) is 4.98 Å². The monoisotopic (exact) mass is 311 g/mol. The van der Waals surface area contributed by atoms with E-state index in [0.29, 0.717) is 11.8 Å². The van der Waals surface area contributed by atoms with Crippen LogP contribution in [0.15, 0.2) is 64.5 Å². The summed E-state index contributed by atoms with van der Waals surface area (Å²) in [4.78, 5) is 15.7. The molecule has 0 saturated carbocycles. The van der Waals surface area contributed by atoms with Crippen LogP contribution in [0.3, 0.4) is 0 Å². The molecule has 0 saturated heterocycles. The fourth-order valence-corrected chi connectivity index (χ4v) is 3.66. The molecule has 2 aromatic carbocycles. The van der Waals surface area contributed by atoms with Crippen LogP contribution in [0, 0.1) is 6.92 Å². The lowest BCUT2D eigenvalue weighted by Crippen LogP contribution is -2.08. The maximum Gasteiger partial charge on any atom is 0.224 e. The molecule has 0 radical (unpaired) electrons. The molecule has 0 aliphatic heterocycles. The molecule has 1 aromatic heterocycles. The zero-order chi connectivity index (χ0) is 15.7. The second-order valence-corrected chi connectivity index (χ2v) is 6.88. The van der Waals surface area contributed by atoms with Crippen LogP contribution in [0.5, 0.6) is 0 Å². The van der Waals surface area contributed by atoms with E-state index in [1.807, 2.05) is 19.1 Å². The molecule has 5 heteroatoms. The Hall–Kier alpha value is -2.53. The van der Waals surface area contributed by atoms with E-state index >= 15 is 0 Å². The van der Waals surface area contributed by atoms with Crippen LogP contribution in [-0.2, 0) is 9.84 Å². The average molecular weight is 311 g/mol. The van der Waals surface area contributed by atoms with E-state index in [1.165, 1.54) is 12.1 Å². The molecule has 4 nitrogen and oxygen atoms in total. The minimum atomic E-state index is -3.83. The summed E-state index contributed by atoms with van der Waals surface area (Å²) in [5, 5.41) is 0.534. The number of hydrogen-bond acceptors (Lipinski definition) is 4. The maximum absolute atomic E-state index is 12.7. The fraction of sp³-hybridized carbons (Fsp3) is 0.0588. The highest BCUT2D eigenvalue weighted by Crippen LogP contribution is 2.25. The molecule has 3 aromatic rings. The molecular weight excluding hydrogens is 298 g/mol. The largest absolute Gasteiger partial charge is 0.298 e. The van der Waals surface area contributed by atoms with Gasteiger partial charge in [0.25, 0.3) is 0 Å². The standard InChI is InChI=1S/C17H13NO3S/c1-12-7-8-13-10-14(11-19)17(18-16(13)9-12)22(20,21)15-5-3-2-4-6-15/h2-11H,1H3. The zero-order valence-electron chi connectivity index (χ0n) is 11.9. The molecule has 22 heavy (non-hydrogen) atoms. The first-order valence-electron chi connectivity index (χ1n) is 6.69. The van der Waals surface area contributed by atoms with E-state index in [-0.39, 0.29) is 15.5 Å². The summed E-state index contributed by atoms with van der Waals surface area (Å²) in [7, 11) is -3.83. The van der Waals surface area contributed by atoms with Gasteiger partial charge in [-0.1, -0.05) is 30.3 Å². The van der Waals surface area contributed by atoms with Gasteiger partial charge in [-0.3, -0.25) is 4.79 Å². The van der Waals surface area contributed by atoms with Crippen LogP contribution in [0.1, 0.15) is 15.9 Å². The average Bonchev–Trinajstić information content (AvgIpc) is 2.54. The van der Waals surface area contributed by atoms with Crippen LogP contribution >= 0.6 is 0 Å². The predicted octanol–water partition coefficient (Wildman–Crippen LogP) is 3.19. The number of aryl methyl sites for hydroxylation is 1. The van der Waals surface area contributed by atoms with Crippen LogP contribution in [-0.4, -0.2) is 19.7 Å². The summed E-state index contributed by atoms with van der Waals surface area (Å²) in [6, 6.07) is 15.1. The van der Waals surface area contributed by atoms with E-state index in [4.69, 9.17) is 0 Å². The lowest BCUT2D eigenvalue weighted by molar-refractivity contribution is 0.112. The summed E-state index contributed by atoms with van der Waals surface area (Å²) >= 11 is 0. The molecule has 0 atom stereocenters. The van der Waals surface area contributed by atoms with E-state index < -0.39 is 9.84 Å². The van der Waals surface area contributed by atoms with Crippen LogP contribution in [0.4, 0.5) is 0 Å². The van der Waals surface area contributed by atoms with E-state index in [9.17, 15) is 13.2 Å². The van der Waals surface area contributed by atoms with Gasteiger partial charge in [0.2, 0.25) is 9.84 Å². The molecule has 0 aliphatic rings. The highest BCUT2D eigenvalue weighted by atomic mass is 32.2. The van der Waals surface area contributed by atoms with Gasteiger partial charge >= 0.3 is 0 Å². The van der Waals surface area contributed by atoms with Gasteiger partial charge in [-0.05, 0) is 36.8 Å². The minimum absolute atomic E-state index is 0.0696. The number of hydrogen-bond donors (Lipinski definition) is 0. The number of pyridine rings is 1. The third-order valence-corrected chi connectivity index (χ3v) is 5.13. The Morgan fingerprint density at radius 2 is 1.73 bits per heavy atom. The molecule has 0 amide bonds. The van der Waals surface area contributed by atoms with Crippen molar-refractivity contribution in [3.8, 4) is 0 Å². The first-order chi connectivity index (χ1) is 10.5. The number of sulfone groups is 1. The highest BCUT2D eigenvalue weighted by molar-refractivity contribution is 7.91. The SMILES string of the molecule is Cc1ccc2cc(C=O)c(S(=O)(=O)c3ccccc3)nc2c1. The van der Waals surface area contributed by atoms with Gasteiger partial charge in [0.1, 0.15) is 0 Å². The third kappa shape index (κ3) is 2.40. The molecule has 1 heterocycles. The van der Waals surface area contributed by atoms with Gasteiger partial charge in [-0.25, -0.2) is 13.4 Å². The summed E-state index contributed by atoms with van der Waals surface area (Å²) in [6.45, 7) is 1.90. The molecule has 110 valence electrons. The van der Waals surface area contributed by atoms with Gasteiger partial charge in [0, 0.05) is 5.39 Å². The van der Waals surface area contributed by atoms with Gasteiger partial charge < -0.3 is 0 Å². The Labute approximate surface area is 128 Å². The van der Waals surface area contributed by atoms with Crippen molar-refractivity contribution in [1.29, 1.82) is 0 Å². The first-order valence-corrected chi connectivity index (χ1v) is 8.17. The van der Waals surface area contributed by atoms with Crippen molar-refractivity contribution in [2.75, 3.05) is 0 Å². The lowest BCUT2D eigenvalue weighted by atomic mass is 10.1. The van der Waals surface area contributed by atoms with E-state index in [0.717, 1.165) is 10.9 Å². The van der Waals surface area contributed by atoms with E-state index in [2.05, 4.69) is 4.98 Å². The van der Waals surface area contributed by atoms with E-state index in [1.54, 1.807) is 30.3 Å². The number of rotatable bonds is 3. The Morgan fingerprint density at radius 1 is 1.00 bits per heavy atom. The molecular formula is C17H13NO3S. The molecule has 0 unspecified atom stereocenters. The van der Waals surface area contributed by atoms with Crippen LogP contribution in [0.2, 0.25) is 0 Å². The number of carbonyl (C=O) groups excluding carboxylic acids is 1. The normalized spacial score (nSPS) is 11.5. The molecule has 0 aliphatic carbocycles. The maximum atomic E-state index is 12.7. The summed E-state index contributed by atoms with van der Waals surface area (Å²) in [5.41, 5.74) is 1.60. The van der Waals surface area contributed by atoms with Crippen molar-refractivity contribution in [2.24, 2.45) is 0 Å². The number of carbonyl (C=O) groups is 1. The number of fused-ring (bicyclic) bond motifs is 1. The second-order valence-electron chi connectivity index (χ2n) is 5.01. The summed E-state index contributed by atoms with van der Waals surface area (Å²) in [5.74, 6) is 0. The molecule has 0 N–H and O–H groups in total. The number of aromatic nitrogens is 1. The number of nitrogens with zero attached hydrogens (tertiary/aromatic N) is 1. The van der Waals surface area contributed by atoms with Crippen LogP contribution < -0.4 is 0 Å². The van der Waals surface area contributed by atoms with Crippen molar-refractivity contribution in [2.45, 2.75) is 16.8 Å². The van der Waals surface area contributed by atoms with Gasteiger partial charge in [0.15, 0.2) is 11.3 Å². The Morgan fingerprint density at radius 3 is 2.41 bits per heavy atom. The Bertz CT molecular complexity index is 964. The molecule has 3 rings (SSSR count). The molecule has 0 fully saturated rings. The zero-order valence-corrected chi connectivity index (χ0v) is 12.7. The quantitative estimate of drug-likeness (QED) is 0.697. The van der Waals surface area contributed by atoms with Crippen molar-refractivity contribution < 1.29 is 13.2 Å². The first kappa shape index (κ1) is 14.4. The van der Waals surface area contributed by atoms with Crippen molar-refractivity contribution in [3.05, 3.63) is 65.7 Å². The number of benzene rings is 2. The molecule has 0 spiro atoms. The summed E-state index contributed by atoms with van der Waals surface area (Å²) < 4.78 is 25.4. The molecule has 0 bridgehead atoms. The van der Waals surface area contributed by atoms with Crippen LogP contribution in [0.25, 0.3) is 10.9 Å². The summed E-state index contributed by atoms with van der Waals surface area (Å²) in [6.07, 6.45) is 0.530. The Balaban J connectivity index is 2.32. The van der Waals surface area contributed by atoms with Gasteiger partial charge in [-0.2, -0.15) is 0 Å². The second kappa shape index (κ2) is 5.35. The Kier molecular flexibility index (Phi) is 3.50. The smallest absolute Gasteiger partial charge is 0.224 e. The topological polar surface area (TPSA) is 64.1 Å². The lowest BCUT2D eigenvalue weighted by Gasteiger charge is -2.08. The highest BCUT2D eigenvalue weighted by Gasteiger charge is 2.23. The van der Waals surface area contributed by atoms with Crippen molar-refractivity contribution in [3.63, 3.8) is 0 Å². The number of aldehydes is 1. The predicted molar refractivity (Wildman–Crippen MR) is 83.8 cm³/mol. The van der Waals surface area contributed by atoms with Crippen molar-refractivity contribution >= 4 is 27.0 Å². The minimum Gasteiger partial charge on any atom is -0.298 e. The fourth-order valence-electron chi connectivity index (χ4n) is 2.29. The van der Waals surface area contributed by atoms with Gasteiger partial charge in [-0.15, -0.1) is 0 Å². The third-order valence-electron chi connectivity index (χ3n) is 3.40. The van der Waals surface area contributed by atoms with Gasteiger partial charge in [0.05, 0.1) is 16.0 Å².